The third-order valence-corrected chi connectivity index (χ3v) is 5.79. The van der Waals surface area contributed by atoms with Gasteiger partial charge in [-0.05, 0) is 25.0 Å². The van der Waals surface area contributed by atoms with Gasteiger partial charge in [0, 0.05) is 4.83 Å². The normalized spacial score (nSPS) is 30.8. The number of carbonyl (C=O) groups excluding carboxylic acids is 2. The average molecular weight is 471 g/mol. The van der Waals surface area contributed by atoms with E-state index in [9.17, 15) is 22.8 Å². The van der Waals surface area contributed by atoms with Gasteiger partial charge < -0.3 is 4.74 Å². The minimum Gasteiger partial charge on any atom is -0.443 e. The van der Waals surface area contributed by atoms with Crippen LogP contribution in [0.1, 0.15) is 18.4 Å². The first kappa shape index (κ1) is 17.7. The zero-order valence-corrected chi connectivity index (χ0v) is 15.3. The van der Waals surface area contributed by atoms with E-state index in [2.05, 4.69) is 31.9 Å². The van der Waals surface area contributed by atoms with Crippen LogP contribution in [-0.2, 0) is 15.7 Å². The Bertz CT molecular complexity index is 682. The number of imide groups is 1. The Morgan fingerprint density at radius 2 is 1.79 bits per heavy atom. The Balaban J connectivity index is 2.01. The van der Waals surface area contributed by atoms with Crippen LogP contribution in [0, 0.1) is 5.92 Å². The van der Waals surface area contributed by atoms with Crippen LogP contribution in [0.25, 0.3) is 0 Å². The molecular weight excluding hydrogens is 459 g/mol. The van der Waals surface area contributed by atoms with E-state index in [4.69, 9.17) is 4.74 Å². The lowest BCUT2D eigenvalue weighted by atomic mass is 9.84. The number of halogens is 5. The number of carbonyl (C=O) groups is 2. The molecule has 1 saturated carbocycles. The van der Waals surface area contributed by atoms with Gasteiger partial charge in [0.15, 0.2) is 0 Å². The van der Waals surface area contributed by atoms with Gasteiger partial charge >= 0.3 is 12.3 Å². The van der Waals surface area contributed by atoms with Crippen molar-refractivity contribution >= 4 is 49.5 Å². The molecule has 2 amide bonds. The van der Waals surface area contributed by atoms with Crippen molar-refractivity contribution in [2.24, 2.45) is 5.92 Å². The zero-order chi connectivity index (χ0) is 17.6. The number of hydrogen-bond donors (Lipinski definition) is 0. The number of alkyl halides is 5. The van der Waals surface area contributed by atoms with Gasteiger partial charge in [0.2, 0.25) is 5.91 Å². The van der Waals surface area contributed by atoms with E-state index >= 15 is 0 Å². The second kappa shape index (κ2) is 6.33. The second-order valence-corrected chi connectivity index (χ2v) is 8.20. The molecular formula is C15H12Br2F3NO3. The fraction of sp³-hybridized carbons (Fsp3) is 0.467. The molecule has 0 spiro atoms. The summed E-state index contributed by atoms with van der Waals surface area (Å²) in [6, 6.07) is 4.49. The number of anilines is 1. The van der Waals surface area contributed by atoms with Crippen LogP contribution in [0.15, 0.2) is 24.3 Å². The second-order valence-electron chi connectivity index (χ2n) is 5.73. The molecule has 1 saturated heterocycles. The van der Waals surface area contributed by atoms with Crippen LogP contribution < -0.4 is 4.90 Å². The Kier molecular flexibility index (Phi) is 4.67. The maximum absolute atomic E-state index is 13.2. The van der Waals surface area contributed by atoms with Gasteiger partial charge in [-0.1, -0.05) is 44.0 Å². The van der Waals surface area contributed by atoms with Gasteiger partial charge in [-0.25, -0.2) is 9.69 Å². The predicted octanol–water partition coefficient (Wildman–Crippen LogP) is 4.49. The van der Waals surface area contributed by atoms with Crippen molar-refractivity contribution in [3.63, 3.8) is 0 Å². The summed E-state index contributed by atoms with van der Waals surface area (Å²) in [7, 11) is 0. The van der Waals surface area contributed by atoms with Crippen LogP contribution in [0.3, 0.4) is 0 Å². The molecule has 4 atom stereocenters. The van der Waals surface area contributed by atoms with Crippen LogP contribution in [0.4, 0.5) is 23.7 Å². The summed E-state index contributed by atoms with van der Waals surface area (Å²) < 4.78 is 44.9. The number of hydrogen-bond acceptors (Lipinski definition) is 3. The minimum atomic E-state index is -4.68. The number of ether oxygens (including phenoxy) is 1. The van der Waals surface area contributed by atoms with E-state index in [1.54, 1.807) is 0 Å². The first-order chi connectivity index (χ1) is 11.2. The maximum Gasteiger partial charge on any atom is 0.421 e. The molecule has 0 radical (unpaired) electrons. The quantitative estimate of drug-likeness (QED) is 0.568. The first-order valence-corrected chi connectivity index (χ1v) is 9.02. The summed E-state index contributed by atoms with van der Waals surface area (Å²) in [5.41, 5.74) is -1.54. The number of rotatable bonds is 1. The summed E-state index contributed by atoms with van der Waals surface area (Å²) in [6.07, 6.45) is -5.38. The fourth-order valence-electron chi connectivity index (χ4n) is 3.08. The molecule has 9 heteroatoms. The molecule has 2 aliphatic rings. The van der Waals surface area contributed by atoms with Crippen molar-refractivity contribution < 1.29 is 27.5 Å². The van der Waals surface area contributed by atoms with E-state index < -0.39 is 41.4 Å². The van der Waals surface area contributed by atoms with Crippen LogP contribution >= 0.6 is 31.9 Å². The molecule has 24 heavy (non-hydrogen) atoms. The molecule has 0 bridgehead atoms. The fourth-order valence-corrected chi connectivity index (χ4v) is 5.32. The SMILES string of the molecule is O=C1OC2C(Br)CC(Br)CC2C(=O)N1c1ccccc1C(F)(F)F. The maximum atomic E-state index is 13.2. The summed E-state index contributed by atoms with van der Waals surface area (Å²) >= 11 is 6.82. The minimum absolute atomic E-state index is 0.0172. The highest BCUT2D eigenvalue weighted by Gasteiger charge is 2.51. The van der Waals surface area contributed by atoms with Crippen molar-refractivity contribution in [2.75, 3.05) is 4.90 Å². The molecule has 1 aliphatic carbocycles. The number of nitrogens with zero attached hydrogens (tertiary/aromatic N) is 1. The summed E-state index contributed by atoms with van der Waals surface area (Å²) in [6.45, 7) is 0. The molecule has 1 aliphatic heterocycles. The summed E-state index contributed by atoms with van der Waals surface area (Å²) in [5.74, 6) is -1.35. The monoisotopic (exact) mass is 469 g/mol. The van der Waals surface area contributed by atoms with Gasteiger partial charge in [-0.15, -0.1) is 0 Å². The largest absolute Gasteiger partial charge is 0.443 e. The van der Waals surface area contributed by atoms with Gasteiger partial charge in [-0.2, -0.15) is 13.2 Å². The van der Waals surface area contributed by atoms with Gasteiger partial charge in [0.05, 0.1) is 22.0 Å². The molecule has 3 rings (SSSR count). The van der Waals surface area contributed by atoms with E-state index in [-0.39, 0.29) is 9.65 Å². The molecule has 4 nitrogen and oxygen atoms in total. The number of amides is 2. The molecule has 0 aromatic heterocycles. The number of para-hydroxylation sites is 1. The Labute approximate surface area is 152 Å². The average Bonchev–Trinajstić information content (AvgIpc) is 2.48. The lowest BCUT2D eigenvalue weighted by molar-refractivity contribution is -0.137. The molecule has 1 aromatic carbocycles. The van der Waals surface area contributed by atoms with E-state index in [1.165, 1.54) is 12.1 Å². The van der Waals surface area contributed by atoms with Gasteiger partial charge in [0.25, 0.3) is 0 Å². The smallest absolute Gasteiger partial charge is 0.421 e. The molecule has 130 valence electrons. The van der Waals surface area contributed by atoms with Crippen LogP contribution in [0.2, 0.25) is 0 Å². The third kappa shape index (κ3) is 3.08. The van der Waals surface area contributed by atoms with Crippen LogP contribution in [-0.4, -0.2) is 27.8 Å². The van der Waals surface area contributed by atoms with Crippen molar-refractivity contribution in [3.8, 4) is 0 Å². The summed E-state index contributed by atoms with van der Waals surface area (Å²) in [4.78, 5) is 25.3. The number of fused-ring (bicyclic) bond motifs is 1. The Morgan fingerprint density at radius 3 is 2.46 bits per heavy atom. The number of benzene rings is 1. The zero-order valence-electron chi connectivity index (χ0n) is 12.1. The van der Waals surface area contributed by atoms with Gasteiger partial charge in [0.1, 0.15) is 6.10 Å². The van der Waals surface area contributed by atoms with E-state index in [0.29, 0.717) is 17.7 Å². The van der Waals surface area contributed by atoms with Gasteiger partial charge in [-0.3, -0.25) is 4.79 Å². The highest BCUT2D eigenvalue weighted by atomic mass is 79.9. The van der Waals surface area contributed by atoms with Crippen molar-refractivity contribution in [1.82, 2.24) is 0 Å². The van der Waals surface area contributed by atoms with Crippen molar-refractivity contribution in [3.05, 3.63) is 29.8 Å². The molecule has 1 heterocycles. The summed E-state index contributed by atoms with van der Waals surface area (Å²) in [5, 5.41) is 0. The Morgan fingerprint density at radius 1 is 1.12 bits per heavy atom. The van der Waals surface area contributed by atoms with Crippen molar-refractivity contribution in [1.29, 1.82) is 0 Å². The third-order valence-electron chi connectivity index (χ3n) is 4.15. The molecule has 1 aromatic rings. The van der Waals surface area contributed by atoms with E-state index in [1.807, 2.05) is 0 Å². The standard InChI is InChI=1S/C15H12Br2F3NO3/c16-7-5-8-12(10(17)6-7)24-14(23)21(13(8)22)11-4-2-1-3-9(11)15(18,19)20/h1-4,7-8,10,12H,5-6H2. The highest BCUT2D eigenvalue weighted by Crippen LogP contribution is 2.43. The highest BCUT2D eigenvalue weighted by molar-refractivity contribution is 9.10. The lowest BCUT2D eigenvalue weighted by Gasteiger charge is -2.42. The molecule has 2 fully saturated rings. The topological polar surface area (TPSA) is 46.6 Å². The lowest BCUT2D eigenvalue weighted by Crippen LogP contribution is -2.58. The predicted molar refractivity (Wildman–Crippen MR) is 87.4 cm³/mol. The van der Waals surface area contributed by atoms with E-state index in [0.717, 1.165) is 12.1 Å². The van der Waals surface area contributed by atoms with Crippen LogP contribution in [0.5, 0.6) is 0 Å². The Hall–Kier alpha value is -1.09. The van der Waals surface area contributed by atoms with Crippen molar-refractivity contribution in [2.45, 2.75) is 34.8 Å². The first-order valence-electron chi connectivity index (χ1n) is 7.19. The molecule has 4 unspecified atom stereocenters. The molecule has 0 N–H and O–H groups in total.